The summed E-state index contributed by atoms with van der Waals surface area (Å²) < 4.78 is 26.6. The maximum atomic E-state index is 12.8. The molecule has 2 amide bonds. The topological polar surface area (TPSA) is 107 Å². The predicted octanol–water partition coefficient (Wildman–Crippen LogP) is 3.45. The molecule has 1 aliphatic rings. The molecule has 1 fully saturated rings. The molecule has 4 rings (SSSR count). The molecule has 1 aliphatic heterocycles. The van der Waals surface area contributed by atoms with Gasteiger partial charge in [0.1, 0.15) is 6.04 Å². The first-order valence-electron chi connectivity index (χ1n) is 10.6. The molecule has 10 heteroatoms. The summed E-state index contributed by atoms with van der Waals surface area (Å²) in [4.78, 5) is 24.1. The van der Waals surface area contributed by atoms with E-state index in [4.69, 9.17) is 0 Å². The molecular formula is C24H27N3O5S2. The number of fused-ring (bicyclic) bond motifs is 1. The number of carbonyl (C=O) groups excluding carboxylic acids is 1. The minimum absolute atomic E-state index is 0.106. The highest BCUT2D eigenvalue weighted by Crippen LogP contribution is 2.30. The van der Waals surface area contributed by atoms with Crippen molar-refractivity contribution in [3.8, 4) is 0 Å². The lowest BCUT2D eigenvalue weighted by Crippen LogP contribution is -2.40. The van der Waals surface area contributed by atoms with Gasteiger partial charge in [0.25, 0.3) is 0 Å². The van der Waals surface area contributed by atoms with Gasteiger partial charge >= 0.3 is 12.0 Å². The van der Waals surface area contributed by atoms with Crippen LogP contribution in [0.2, 0.25) is 0 Å². The maximum Gasteiger partial charge on any atom is 0.322 e. The van der Waals surface area contributed by atoms with Gasteiger partial charge in [-0.3, -0.25) is 9.69 Å². The van der Waals surface area contributed by atoms with Gasteiger partial charge in [-0.1, -0.05) is 48.5 Å². The first-order valence-corrected chi connectivity index (χ1v) is 12.5. The van der Waals surface area contributed by atoms with Crippen LogP contribution >= 0.6 is 12.6 Å². The van der Waals surface area contributed by atoms with Crippen LogP contribution in [0.15, 0.2) is 77.7 Å². The number of hydrogen-bond donors (Lipinski definition) is 3. The zero-order valence-electron chi connectivity index (χ0n) is 18.8. The molecule has 3 aromatic rings. The number of para-hydroxylation sites is 1. The molecule has 0 aliphatic carbocycles. The lowest BCUT2D eigenvalue weighted by Gasteiger charge is -2.21. The third-order valence-corrected chi connectivity index (χ3v) is 7.75. The van der Waals surface area contributed by atoms with Gasteiger partial charge < -0.3 is 10.4 Å². The summed E-state index contributed by atoms with van der Waals surface area (Å²) in [6, 6.07) is 20.6. The zero-order chi connectivity index (χ0) is 24.9. The quantitative estimate of drug-likeness (QED) is 0.475. The Balaban J connectivity index is 0.000000229. The molecule has 180 valence electrons. The number of amides is 2. The van der Waals surface area contributed by atoms with Crippen molar-refractivity contribution < 1.29 is 23.1 Å². The Labute approximate surface area is 204 Å². The van der Waals surface area contributed by atoms with Crippen molar-refractivity contribution in [1.82, 2.24) is 9.62 Å². The highest BCUT2D eigenvalue weighted by Gasteiger charge is 2.43. The SMILES string of the molecule is CNC(=O)N(C)c1ccccc1.O=C(O)[C@@H]1C[C@@H](S)CN1S(=O)(=O)c1ccc2ccccc2c1. The normalized spacial score (nSPS) is 18.1. The van der Waals surface area contributed by atoms with E-state index in [2.05, 4.69) is 17.9 Å². The number of nitrogens with zero attached hydrogens (tertiary/aromatic N) is 2. The number of anilines is 1. The van der Waals surface area contributed by atoms with Crippen LogP contribution in [0.5, 0.6) is 0 Å². The summed E-state index contributed by atoms with van der Waals surface area (Å²) in [5, 5.41) is 13.3. The summed E-state index contributed by atoms with van der Waals surface area (Å²) in [6.07, 6.45) is 0.214. The highest BCUT2D eigenvalue weighted by atomic mass is 32.2. The first kappa shape index (κ1) is 25.5. The molecule has 8 nitrogen and oxygen atoms in total. The molecule has 0 radical (unpaired) electrons. The summed E-state index contributed by atoms with van der Waals surface area (Å²) in [5.41, 5.74) is 0.886. The molecule has 0 spiro atoms. The fourth-order valence-electron chi connectivity index (χ4n) is 3.67. The summed E-state index contributed by atoms with van der Waals surface area (Å²) in [7, 11) is -0.510. The van der Waals surface area contributed by atoms with E-state index in [1.54, 1.807) is 31.1 Å². The third kappa shape index (κ3) is 5.69. The number of carboxylic acids is 1. The van der Waals surface area contributed by atoms with Crippen molar-refractivity contribution in [2.75, 3.05) is 25.5 Å². The van der Waals surface area contributed by atoms with Gasteiger partial charge in [-0.05, 0) is 41.5 Å². The minimum Gasteiger partial charge on any atom is -0.480 e. The Kier molecular flexibility index (Phi) is 8.19. The van der Waals surface area contributed by atoms with Gasteiger partial charge in [-0.15, -0.1) is 0 Å². The van der Waals surface area contributed by atoms with E-state index >= 15 is 0 Å². The van der Waals surface area contributed by atoms with Crippen LogP contribution in [0.4, 0.5) is 10.5 Å². The number of hydrogen-bond acceptors (Lipinski definition) is 5. The summed E-state index contributed by atoms with van der Waals surface area (Å²) in [6.45, 7) is 0.106. The lowest BCUT2D eigenvalue weighted by molar-refractivity contribution is -0.140. The average molecular weight is 502 g/mol. The number of urea groups is 1. The van der Waals surface area contributed by atoms with Gasteiger partial charge in [0.2, 0.25) is 10.0 Å². The molecule has 2 atom stereocenters. The molecule has 0 saturated carbocycles. The first-order chi connectivity index (χ1) is 16.1. The third-order valence-electron chi connectivity index (χ3n) is 5.51. The molecule has 3 aromatic carbocycles. The lowest BCUT2D eigenvalue weighted by atomic mass is 10.1. The number of aliphatic carboxylic acids is 1. The Morgan fingerprint density at radius 1 is 1.03 bits per heavy atom. The molecule has 0 aromatic heterocycles. The molecule has 0 unspecified atom stereocenters. The molecule has 0 bridgehead atoms. The highest BCUT2D eigenvalue weighted by molar-refractivity contribution is 7.89. The van der Waals surface area contributed by atoms with Gasteiger partial charge in [0.05, 0.1) is 4.90 Å². The van der Waals surface area contributed by atoms with Crippen LogP contribution in [0.25, 0.3) is 10.8 Å². The van der Waals surface area contributed by atoms with Gasteiger partial charge in [-0.2, -0.15) is 16.9 Å². The smallest absolute Gasteiger partial charge is 0.322 e. The van der Waals surface area contributed by atoms with E-state index in [9.17, 15) is 23.1 Å². The number of benzene rings is 3. The van der Waals surface area contributed by atoms with Crippen LogP contribution in [0, 0.1) is 0 Å². The van der Waals surface area contributed by atoms with Gasteiger partial charge in [0.15, 0.2) is 0 Å². The van der Waals surface area contributed by atoms with Crippen molar-refractivity contribution in [3.63, 3.8) is 0 Å². The Morgan fingerprint density at radius 3 is 2.26 bits per heavy atom. The van der Waals surface area contributed by atoms with Crippen molar-refractivity contribution in [3.05, 3.63) is 72.8 Å². The van der Waals surface area contributed by atoms with Crippen LogP contribution in [0.3, 0.4) is 0 Å². The minimum atomic E-state index is -3.85. The second kappa shape index (κ2) is 10.9. The Morgan fingerprint density at radius 2 is 1.65 bits per heavy atom. The number of nitrogens with one attached hydrogen (secondary N) is 1. The number of carboxylic acid groups (broad SMARTS) is 1. The second-order valence-corrected chi connectivity index (χ2v) is 10.4. The average Bonchev–Trinajstić information content (AvgIpc) is 3.26. The number of sulfonamides is 1. The van der Waals surface area contributed by atoms with Crippen molar-refractivity contribution in [2.24, 2.45) is 0 Å². The summed E-state index contributed by atoms with van der Waals surface area (Å²) in [5.74, 6) is -1.14. The van der Waals surface area contributed by atoms with Crippen LogP contribution < -0.4 is 10.2 Å². The maximum absolute atomic E-state index is 12.8. The Hall–Kier alpha value is -3.08. The van der Waals surface area contributed by atoms with E-state index in [-0.39, 0.29) is 29.1 Å². The zero-order valence-corrected chi connectivity index (χ0v) is 20.5. The summed E-state index contributed by atoms with van der Waals surface area (Å²) >= 11 is 4.24. The van der Waals surface area contributed by atoms with E-state index in [0.29, 0.717) is 0 Å². The molecule has 34 heavy (non-hydrogen) atoms. The van der Waals surface area contributed by atoms with Crippen LogP contribution in [-0.4, -0.2) is 61.8 Å². The monoisotopic (exact) mass is 501 g/mol. The second-order valence-electron chi connectivity index (χ2n) is 7.78. The van der Waals surface area contributed by atoms with Crippen LogP contribution in [0.1, 0.15) is 6.42 Å². The fraction of sp³-hybridized carbons (Fsp3) is 0.250. The van der Waals surface area contributed by atoms with E-state index < -0.39 is 22.0 Å². The van der Waals surface area contributed by atoms with Gasteiger partial charge in [-0.25, -0.2) is 13.2 Å². The standard InChI is InChI=1S/C15H15NO4S2.C9H12N2O/c17-15(18)14-8-12(21)9-16(14)22(19,20)13-6-5-10-3-1-2-4-11(10)7-13;1-10-9(12)11(2)8-6-4-3-5-7-8/h1-7,12,14,21H,8-9H2,(H,17,18);3-7H,1-2H3,(H,10,12)/t12-,14+;/m1./s1. The largest absolute Gasteiger partial charge is 0.480 e. The van der Waals surface area contributed by atoms with Crippen molar-refractivity contribution in [1.29, 1.82) is 0 Å². The Bertz CT molecular complexity index is 1270. The van der Waals surface area contributed by atoms with E-state index in [1.807, 2.05) is 54.6 Å². The fourth-order valence-corrected chi connectivity index (χ4v) is 5.83. The van der Waals surface area contributed by atoms with Gasteiger partial charge in [0, 0.05) is 31.6 Å². The molecule has 1 heterocycles. The molecular weight excluding hydrogens is 474 g/mol. The van der Waals surface area contributed by atoms with E-state index in [1.165, 1.54) is 6.07 Å². The van der Waals surface area contributed by atoms with Crippen molar-refractivity contribution in [2.45, 2.75) is 22.6 Å². The molecule has 1 saturated heterocycles. The number of thiol groups is 1. The van der Waals surface area contributed by atoms with Crippen LogP contribution in [-0.2, 0) is 14.8 Å². The predicted molar refractivity (Wildman–Crippen MR) is 136 cm³/mol. The number of rotatable bonds is 4. The molecule has 2 N–H and O–H groups in total. The number of carbonyl (C=O) groups is 2. The van der Waals surface area contributed by atoms with Crippen molar-refractivity contribution >= 4 is 51.1 Å². The van der Waals surface area contributed by atoms with E-state index in [0.717, 1.165) is 20.8 Å².